The first-order valence-electron chi connectivity index (χ1n) is 8.21. The van der Waals surface area contributed by atoms with Gasteiger partial charge in [0.1, 0.15) is 0 Å². The predicted molar refractivity (Wildman–Crippen MR) is 104 cm³/mol. The third-order valence-electron chi connectivity index (χ3n) is 4.27. The maximum Gasteiger partial charge on any atom is 0.416 e. The minimum atomic E-state index is -4.42. The van der Waals surface area contributed by atoms with Crippen LogP contribution in [0, 0.1) is 5.41 Å². The van der Waals surface area contributed by atoms with Crippen LogP contribution in [0.15, 0.2) is 36.4 Å². The molecule has 148 valence electrons. The molecule has 0 spiro atoms. The van der Waals surface area contributed by atoms with Crippen molar-refractivity contribution in [2.75, 3.05) is 16.8 Å². The Morgan fingerprint density at radius 2 is 1.96 bits per heavy atom. The van der Waals surface area contributed by atoms with Crippen molar-refractivity contribution < 1.29 is 21.6 Å². The Bertz CT molecular complexity index is 1060. The van der Waals surface area contributed by atoms with Gasteiger partial charge in [0.2, 0.25) is 10.3 Å². The standard InChI is InChI=1S/C18H15ClF3N3O2S/c19-14-5-3-11(10-28(26)27)8-15(14)24-17(23)25-7-1-2-12-9-13(18(20,21)22)4-6-16(12)25/h3-6,8-10H,1-2,7H2,(H2,23,24). The lowest BCUT2D eigenvalue weighted by Gasteiger charge is -2.32. The second-order valence-corrected chi connectivity index (χ2v) is 7.35. The monoisotopic (exact) mass is 429 g/mol. The van der Waals surface area contributed by atoms with Gasteiger partial charge in [-0.1, -0.05) is 17.7 Å². The van der Waals surface area contributed by atoms with Gasteiger partial charge in [-0.3, -0.25) is 5.41 Å². The van der Waals surface area contributed by atoms with Crippen molar-refractivity contribution in [3.05, 3.63) is 58.1 Å². The average molecular weight is 430 g/mol. The molecule has 0 saturated heterocycles. The summed E-state index contributed by atoms with van der Waals surface area (Å²) in [4.78, 5) is 1.57. The highest BCUT2D eigenvalue weighted by Crippen LogP contribution is 2.35. The van der Waals surface area contributed by atoms with E-state index in [-0.39, 0.29) is 11.0 Å². The SMILES string of the molecule is N=C(Nc1cc(C=S(=O)=O)ccc1Cl)N1CCCc2cc(C(F)(F)F)ccc21. The van der Waals surface area contributed by atoms with Crippen LogP contribution < -0.4 is 10.2 Å². The highest BCUT2D eigenvalue weighted by molar-refractivity contribution is 7.71. The van der Waals surface area contributed by atoms with E-state index in [1.165, 1.54) is 24.3 Å². The predicted octanol–water partition coefficient (Wildman–Crippen LogP) is 4.19. The van der Waals surface area contributed by atoms with Gasteiger partial charge in [-0.2, -0.15) is 21.6 Å². The Labute approximate surface area is 165 Å². The lowest BCUT2D eigenvalue weighted by molar-refractivity contribution is -0.137. The molecule has 2 aromatic rings. The van der Waals surface area contributed by atoms with Crippen LogP contribution in [0.4, 0.5) is 24.5 Å². The minimum absolute atomic E-state index is 0.0667. The molecule has 0 atom stereocenters. The highest BCUT2D eigenvalue weighted by atomic mass is 35.5. The van der Waals surface area contributed by atoms with Crippen LogP contribution in [-0.2, 0) is 22.9 Å². The second-order valence-electron chi connectivity index (χ2n) is 6.19. The van der Waals surface area contributed by atoms with Crippen LogP contribution in [0.2, 0.25) is 5.02 Å². The number of halogens is 4. The van der Waals surface area contributed by atoms with Crippen LogP contribution in [0.3, 0.4) is 0 Å². The molecular weight excluding hydrogens is 415 g/mol. The fourth-order valence-electron chi connectivity index (χ4n) is 3.02. The van der Waals surface area contributed by atoms with Gasteiger partial charge in [-0.15, -0.1) is 0 Å². The van der Waals surface area contributed by atoms with Gasteiger partial charge in [-0.25, -0.2) is 0 Å². The Kier molecular flexibility index (Phi) is 5.66. The number of nitrogens with one attached hydrogen (secondary N) is 2. The van der Waals surface area contributed by atoms with Crippen LogP contribution in [0.5, 0.6) is 0 Å². The molecule has 28 heavy (non-hydrogen) atoms. The molecule has 10 heteroatoms. The van der Waals surface area contributed by atoms with Crippen LogP contribution >= 0.6 is 11.6 Å². The van der Waals surface area contributed by atoms with E-state index in [4.69, 9.17) is 17.0 Å². The normalized spacial score (nSPS) is 13.6. The number of anilines is 2. The van der Waals surface area contributed by atoms with E-state index in [2.05, 4.69) is 5.32 Å². The van der Waals surface area contributed by atoms with E-state index in [0.717, 1.165) is 17.5 Å². The van der Waals surface area contributed by atoms with Crippen molar-refractivity contribution in [2.24, 2.45) is 0 Å². The number of aryl methyl sites for hydroxylation is 1. The molecule has 3 rings (SSSR count). The molecule has 0 unspecified atom stereocenters. The number of fused-ring (bicyclic) bond motifs is 1. The number of hydrogen-bond donors (Lipinski definition) is 2. The number of alkyl halides is 3. The van der Waals surface area contributed by atoms with Gasteiger partial charge in [-0.05, 0) is 54.3 Å². The van der Waals surface area contributed by atoms with Crippen molar-refractivity contribution >= 4 is 44.6 Å². The first kappa shape index (κ1) is 20.2. The van der Waals surface area contributed by atoms with Crippen molar-refractivity contribution in [3.8, 4) is 0 Å². The molecule has 2 aromatic carbocycles. The molecule has 0 saturated carbocycles. The molecule has 1 heterocycles. The Hall–Kier alpha value is -2.52. The van der Waals surface area contributed by atoms with Crippen LogP contribution in [0.25, 0.3) is 0 Å². The number of guanidine groups is 1. The molecule has 0 bridgehead atoms. The van der Waals surface area contributed by atoms with Gasteiger partial charge in [0, 0.05) is 12.2 Å². The number of benzene rings is 2. The van der Waals surface area contributed by atoms with Crippen LogP contribution in [0.1, 0.15) is 23.1 Å². The van der Waals surface area contributed by atoms with Gasteiger partial charge < -0.3 is 10.2 Å². The van der Waals surface area contributed by atoms with Crippen molar-refractivity contribution in [2.45, 2.75) is 19.0 Å². The first-order valence-corrected chi connectivity index (χ1v) is 9.72. The zero-order valence-corrected chi connectivity index (χ0v) is 15.9. The molecule has 1 aliphatic heterocycles. The summed E-state index contributed by atoms with van der Waals surface area (Å²) in [5, 5.41) is 12.4. The van der Waals surface area contributed by atoms with Crippen molar-refractivity contribution in [3.63, 3.8) is 0 Å². The summed E-state index contributed by atoms with van der Waals surface area (Å²) in [7, 11) is -2.39. The summed E-state index contributed by atoms with van der Waals surface area (Å²) < 4.78 is 60.5. The molecule has 0 fully saturated rings. The molecule has 1 aliphatic rings. The number of nitrogens with zero attached hydrogens (tertiary/aromatic N) is 1. The highest BCUT2D eigenvalue weighted by Gasteiger charge is 2.32. The van der Waals surface area contributed by atoms with Gasteiger partial charge >= 0.3 is 6.18 Å². The zero-order valence-electron chi connectivity index (χ0n) is 14.3. The maximum absolute atomic E-state index is 12.9. The fourth-order valence-corrected chi connectivity index (χ4v) is 3.56. The Balaban J connectivity index is 1.88. The summed E-state index contributed by atoms with van der Waals surface area (Å²) in [5.41, 5.74) is 1.02. The van der Waals surface area contributed by atoms with Gasteiger partial charge in [0.25, 0.3) is 0 Å². The third kappa shape index (κ3) is 4.48. The van der Waals surface area contributed by atoms with Crippen molar-refractivity contribution in [1.82, 2.24) is 0 Å². The summed E-state index contributed by atoms with van der Waals surface area (Å²) in [6.07, 6.45) is -3.34. The topological polar surface area (TPSA) is 73.3 Å². The molecule has 0 amide bonds. The minimum Gasteiger partial charge on any atom is -0.325 e. The molecule has 0 aliphatic carbocycles. The average Bonchev–Trinajstić information content (AvgIpc) is 2.62. The van der Waals surface area contributed by atoms with E-state index in [0.29, 0.717) is 41.9 Å². The van der Waals surface area contributed by atoms with E-state index in [1.807, 2.05) is 0 Å². The number of hydrogen-bond acceptors (Lipinski definition) is 3. The maximum atomic E-state index is 12.9. The summed E-state index contributed by atoms with van der Waals surface area (Å²) in [6, 6.07) is 7.96. The third-order valence-corrected chi connectivity index (χ3v) is 5.07. The molecular formula is C18H15ClF3N3O2S. The molecule has 0 radical (unpaired) electrons. The quantitative estimate of drug-likeness (QED) is 0.426. The smallest absolute Gasteiger partial charge is 0.325 e. The van der Waals surface area contributed by atoms with E-state index >= 15 is 0 Å². The Morgan fingerprint density at radius 1 is 1.21 bits per heavy atom. The second kappa shape index (κ2) is 7.84. The zero-order chi connectivity index (χ0) is 20.5. The molecule has 0 aromatic heterocycles. The molecule has 2 N–H and O–H groups in total. The van der Waals surface area contributed by atoms with E-state index < -0.39 is 22.0 Å². The summed E-state index contributed by atoms with van der Waals surface area (Å²) >= 11 is 6.12. The first-order chi connectivity index (χ1) is 13.1. The van der Waals surface area contributed by atoms with E-state index in [1.54, 1.807) is 4.90 Å². The van der Waals surface area contributed by atoms with Gasteiger partial charge in [0.15, 0.2) is 5.96 Å². The largest absolute Gasteiger partial charge is 0.416 e. The van der Waals surface area contributed by atoms with Crippen molar-refractivity contribution in [1.29, 1.82) is 5.41 Å². The van der Waals surface area contributed by atoms with Crippen LogP contribution in [-0.4, -0.2) is 26.3 Å². The Morgan fingerprint density at radius 3 is 2.64 bits per heavy atom. The summed E-state index contributed by atoms with van der Waals surface area (Å²) in [5.74, 6) is -0.0667. The van der Waals surface area contributed by atoms with Gasteiger partial charge in [0.05, 0.1) is 21.6 Å². The molecule has 5 nitrogen and oxygen atoms in total. The fraction of sp³-hybridized carbons (Fsp3) is 0.222. The lowest BCUT2D eigenvalue weighted by atomic mass is 9.99. The number of rotatable bonds is 2. The lowest BCUT2D eigenvalue weighted by Crippen LogP contribution is -2.39. The van der Waals surface area contributed by atoms with E-state index in [9.17, 15) is 21.6 Å². The summed E-state index contributed by atoms with van der Waals surface area (Å²) in [6.45, 7) is 0.457.